The average Bonchev–Trinajstić information content (AvgIpc) is 3.23. The number of rotatable bonds is 3. The van der Waals surface area contributed by atoms with Crippen molar-refractivity contribution in [1.29, 1.82) is 0 Å². The largest absolute Gasteiger partial charge is 0.332 e. The summed E-state index contributed by atoms with van der Waals surface area (Å²) < 4.78 is 0. The van der Waals surface area contributed by atoms with Crippen molar-refractivity contribution in [2.45, 2.75) is 20.8 Å². The Kier molecular flexibility index (Phi) is 5.55. The monoisotopic (exact) mass is 465 g/mol. The number of aryl methyl sites for hydroxylation is 3. The van der Waals surface area contributed by atoms with Crippen LogP contribution in [0.15, 0.2) is 72.8 Å². The Morgan fingerprint density at radius 1 is 0.824 bits per heavy atom. The van der Waals surface area contributed by atoms with Gasteiger partial charge >= 0.3 is 0 Å². The second-order valence-electron chi connectivity index (χ2n) is 8.35. The predicted molar refractivity (Wildman–Crippen MR) is 141 cm³/mol. The van der Waals surface area contributed by atoms with E-state index in [1.807, 2.05) is 69.3 Å². The third-order valence-corrected chi connectivity index (χ3v) is 6.16. The average molecular weight is 466 g/mol. The molecule has 0 saturated heterocycles. The Labute approximate surface area is 202 Å². The molecular weight excluding hydrogens is 442 g/mol. The van der Waals surface area contributed by atoms with Gasteiger partial charge in [0.25, 0.3) is 5.91 Å². The fourth-order valence-corrected chi connectivity index (χ4v) is 4.11. The van der Waals surface area contributed by atoms with E-state index in [1.54, 1.807) is 10.9 Å². The first kappa shape index (κ1) is 21.7. The van der Waals surface area contributed by atoms with Gasteiger partial charge in [-0.1, -0.05) is 42.5 Å². The highest BCUT2D eigenvalue weighted by molar-refractivity contribution is 7.80. The van der Waals surface area contributed by atoms with E-state index in [2.05, 4.69) is 28.8 Å². The lowest BCUT2D eigenvalue weighted by atomic mass is 10.1. The highest BCUT2D eigenvalue weighted by Crippen LogP contribution is 2.25. The van der Waals surface area contributed by atoms with E-state index in [-0.39, 0.29) is 11.0 Å². The molecule has 0 aliphatic heterocycles. The topological polar surface area (TPSA) is 71.8 Å². The first-order valence-electron chi connectivity index (χ1n) is 10.9. The van der Waals surface area contributed by atoms with E-state index < -0.39 is 0 Å². The molecule has 7 heteroatoms. The Morgan fingerprint density at radius 2 is 1.56 bits per heavy atom. The predicted octanol–water partition coefficient (Wildman–Crippen LogP) is 5.63. The minimum absolute atomic E-state index is 0.229. The van der Waals surface area contributed by atoms with Gasteiger partial charge < -0.3 is 5.32 Å². The van der Waals surface area contributed by atoms with Crippen LogP contribution in [0.3, 0.4) is 0 Å². The number of aromatic nitrogens is 3. The van der Waals surface area contributed by atoms with Crippen LogP contribution >= 0.6 is 12.2 Å². The van der Waals surface area contributed by atoms with Crippen molar-refractivity contribution in [3.8, 4) is 5.69 Å². The summed E-state index contributed by atoms with van der Waals surface area (Å²) in [5.74, 6) is -0.249. The molecule has 0 atom stereocenters. The fraction of sp³-hybridized carbons (Fsp3) is 0.111. The molecule has 0 aliphatic carbocycles. The molecule has 0 bridgehead atoms. The molecular formula is C27H23N5OS. The van der Waals surface area contributed by atoms with E-state index in [9.17, 15) is 4.79 Å². The molecule has 0 unspecified atom stereocenters. The summed E-state index contributed by atoms with van der Waals surface area (Å²) in [6.07, 6.45) is 0. The SMILES string of the molecule is Cc1ccc(C(=O)NC(=S)Nc2cc3nn(-c4cccc5ccccc45)nc3cc2C)cc1C. The maximum Gasteiger partial charge on any atom is 0.257 e. The highest BCUT2D eigenvalue weighted by atomic mass is 32.1. The molecule has 4 aromatic carbocycles. The smallest absolute Gasteiger partial charge is 0.257 e. The first-order chi connectivity index (χ1) is 16.4. The van der Waals surface area contributed by atoms with Crippen LogP contribution in [0.2, 0.25) is 0 Å². The van der Waals surface area contributed by atoms with Gasteiger partial charge in [0.05, 0.1) is 5.69 Å². The van der Waals surface area contributed by atoms with Crippen LogP contribution in [-0.2, 0) is 0 Å². The molecule has 5 rings (SSSR count). The van der Waals surface area contributed by atoms with E-state index in [1.165, 1.54) is 0 Å². The van der Waals surface area contributed by atoms with Gasteiger partial charge in [-0.25, -0.2) is 0 Å². The molecule has 1 aromatic heterocycles. The molecule has 2 N–H and O–H groups in total. The quantitative estimate of drug-likeness (QED) is 0.338. The van der Waals surface area contributed by atoms with Gasteiger partial charge in [-0.05, 0) is 85.4 Å². The van der Waals surface area contributed by atoms with Gasteiger partial charge in [0.2, 0.25) is 0 Å². The summed E-state index contributed by atoms with van der Waals surface area (Å²) in [6.45, 7) is 5.96. The van der Waals surface area contributed by atoms with Gasteiger partial charge in [-0.2, -0.15) is 0 Å². The third kappa shape index (κ3) is 4.13. The molecule has 1 amide bonds. The zero-order valence-corrected chi connectivity index (χ0v) is 19.9. The molecule has 0 spiro atoms. The summed E-state index contributed by atoms with van der Waals surface area (Å²) in [4.78, 5) is 14.3. The second kappa shape index (κ2) is 8.68. The summed E-state index contributed by atoms with van der Waals surface area (Å²) >= 11 is 5.40. The van der Waals surface area contributed by atoms with Gasteiger partial charge in [0.15, 0.2) is 5.11 Å². The van der Waals surface area contributed by atoms with Crippen LogP contribution in [0.4, 0.5) is 5.69 Å². The lowest BCUT2D eigenvalue weighted by molar-refractivity contribution is 0.0977. The number of fused-ring (bicyclic) bond motifs is 2. The minimum Gasteiger partial charge on any atom is -0.332 e. The minimum atomic E-state index is -0.249. The van der Waals surface area contributed by atoms with Crippen LogP contribution in [-0.4, -0.2) is 26.0 Å². The fourth-order valence-electron chi connectivity index (χ4n) is 3.90. The molecule has 6 nitrogen and oxygen atoms in total. The lowest BCUT2D eigenvalue weighted by Gasteiger charge is -2.12. The third-order valence-electron chi connectivity index (χ3n) is 5.95. The number of hydrogen-bond acceptors (Lipinski definition) is 4. The number of nitrogens with zero attached hydrogens (tertiary/aromatic N) is 3. The van der Waals surface area contributed by atoms with Gasteiger partial charge in [-0.3, -0.25) is 10.1 Å². The van der Waals surface area contributed by atoms with Crippen molar-refractivity contribution >= 4 is 50.7 Å². The van der Waals surface area contributed by atoms with Crippen LogP contribution in [0.5, 0.6) is 0 Å². The summed E-state index contributed by atoms with van der Waals surface area (Å²) in [5.41, 5.74) is 6.89. The maximum absolute atomic E-state index is 12.6. The standard InChI is InChI=1S/C27H23N5OS/c1-16-11-12-20(13-17(16)2)26(33)29-27(34)28-22-15-24-23(14-18(22)3)30-32(31-24)25-10-6-8-19-7-4-5-9-21(19)25/h4-15H,1-3H3,(H2,28,29,33,34). The second-order valence-corrected chi connectivity index (χ2v) is 8.76. The number of nitrogens with one attached hydrogen (secondary N) is 2. The van der Waals surface area contributed by atoms with E-state index in [0.29, 0.717) is 5.56 Å². The zero-order chi connectivity index (χ0) is 23.8. The molecule has 0 fully saturated rings. The first-order valence-corrected chi connectivity index (χ1v) is 11.4. The van der Waals surface area contributed by atoms with E-state index in [4.69, 9.17) is 22.4 Å². The number of carbonyl (C=O) groups excluding carboxylic acids is 1. The number of anilines is 1. The van der Waals surface area contributed by atoms with E-state index >= 15 is 0 Å². The van der Waals surface area contributed by atoms with Crippen molar-refractivity contribution in [3.63, 3.8) is 0 Å². The Hall–Kier alpha value is -4.10. The van der Waals surface area contributed by atoms with Crippen molar-refractivity contribution in [2.75, 3.05) is 5.32 Å². The van der Waals surface area contributed by atoms with Crippen molar-refractivity contribution in [3.05, 3.63) is 95.1 Å². The Balaban J connectivity index is 1.40. The summed E-state index contributed by atoms with van der Waals surface area (Å²) in [7, 11) is 0. The van der Waals surface area contributed by atoms with Crippen LogP contribution in [0, 0.1) is 20.8 Å². The van der Waals surface area contributed by atoms with Crippen molar-refractivity contribution in [1.82, 2.24) is 20.3 Å². The molecule has 5 aromatic rings. The Morgan fingerprint density at radius 3 is 2.35 bits per heavy atom. The van der Waals surface area contributed by atoms with Crippen molar-refractivity contribution in [2.24, 2.45) is 0 Å². The summed E-state index contributed by atoms with van der Waals surface area (Å²) in [5, 5.41) is 17.7. The highest BCUT2D eigenvalue weighted by Gasteiger charge is 2.13. The normalized spacial score (nSPS) is 11.0. The molecule has 0 aliphatic rings. The Bertz CT molecular complexity index is 1580. The zero-order valence-electron chi connectivity index (χ0n) is 19.1. The summed E-state index contributed by atoms with van der Waals surface area (Å²) in [6, 6.07) is 23.7. The van der Waals surface area contributed by atoms with Crippen LogP contribution in [0.25, 0.3) is 27.5 Å². The molecule has 34 heavy (non-hydrogen) atoms. The molecule has 0 saturated carbocycles. The molecule has 0 radical (unpaired) electrons. The number of thiocarbonyl (C=S) groups is 1. The van der Waals surface area contributed by atoms with Crippen molar-refractivity contribution < 1.29 is 4.79 Å². The lowest BCUT2D eigenvalue weighted by Crippen LogP contribution is -2.34. The number of hydrogen-bond donors (Lipinski definition) is 2. The van der Waals surface area contributed by atoms with Gasteiger partial charge in [-0.15, -0.1) is 15.0 Å². The van der Waals surface area contributed by atoms with Gasteiger partial charge in [0.1, 0.15) is 11.0 Å². The van der Waals surface area contributed by atoms with Crippen LogP contribution < -0.4 is 10.6 Å². The van der Waals surface area contributed by atoms with Crippen LogP contribution in [0.1, 0.15) is 27.0 Å². The number of benzene rings is 4. The number of amides is 1. The van der Waals surface area contributed by atoms with E-state index in [0.717, 1.165) is 49.9 Å². The van der Waals surface area contributed by atoms with Gasteiger partial charge in [0, 0.05) is 16.6 Å². The molecule has 1 heterocycles. The molecule has 168 valence electrons. The maximum atomic E-state index is 12.6. The number of carbonyl (C=O) groups is 1.